The van der Waals surface area contributed by atoms with E-state index in [1.807, 2.05) is 78.2 Å². The lowest BCUT2D eigenvalue weighted by Gasteiger charge is -2.12. The molecule has 3 aromatic carbocycles. The van der Waals surface area contributed by atoms with Crippen LogP contribution in [0.5, 0.6) is 17.2 Å². The van der Waals surface area contributed by atoms with Crippen LogP contribution in [0.1, 0.15) is 11.1 Å². The zero-order valence-electron chi connectivity index (χ0n) is 17.8. The minimum Gasteiger partial charge on any atom is -0.497 e. The molecule has 0 amide bonds. The maximum absolute atomic E-state index is 5.94. The number of anilines is 1. The van der Waals surface area contributed by atoms with Crippen LogP contribution in [0.25, 0.3) is 11.3 Å². The molecule has 1 aromatic heterocycles. The van der Waals surface area contributed by atoms with E-state index in [0.717, 1.165) is 33.3 Å². The number of benzene rings is 3. The Labute approximate surface area is 191 Å². The van der Waals surface area contributed by atoms with Gasteiger partial charge in [-0.3, -0.25) is 5.43 Å². The molecule has 1 N–H and O–H groups in total. The summed E-state index contributed by atoms with van der Waals surface area (Å²) in [6.07, 6.45) is 1.72. The average Bonchev–Trinajstić information content (AvgIpc) is 3.32. The lowest BCUT2D eigenvalue weighted by Crippen LogP contribution is -1.99. The van der Waals surface area contributed by atoms with E-state index < -0.39 is 0 Å². The van der Waals surface area contributed by atoms with Crippen LogP contribution in [0.15, 0.2) is 83.3 Å². The maximum atomic E-state index is 5.94. The summed E-state index contributed by atoms with van der Waals surface area (Å²) >= 11 is 1.51. The summed E-state index contributed by atoms with van der Waals surface area (Å²) in [6, 6.07) is 23.5. The number of nitrogens with zero attached hydrogens (tertiary/aromatic N) is 2. The van der Waals surface area contributed by atoms with E-state index in [-0.39, 0.29) is 0 Å². The van der Waals surface area contributed by atoms with Gasteiger partial charge in [0, 0.05) is 10.9 Å². The molecule has 0 spiro atoms. The fourth-order valence-corrected chi connectivity index (χ4v) is 3.70. The highest BCUT2D eigenvalue weighted by atomic mass is 32.1. The Balaban J connectivity index is 1.38. The Morgan fingerprint density at radius 1 is 0.938 bits per heavy atom. The minimum atomic E-state index is 0.413. The molecule has 0 aliphatic rings. The molecule has 0 aliphatic heterocycles. The Hall–Kier alpha value is -3.84. The number of rotatable bonds is 9. The van der Waals surface area contributed by atoms with Crippen molar-refractivity contribution in [2.75, 3.05) is 19.6 Å². The summed E-state index contributed by atoms with van der Waals surface area (Å²) in [5.41, 5.74) is 6.88. The maximum Gasteiger partial charge on any atom is 0.203 e. The number of nitrogens with one attached hydrogen (secondary N) is 1. The van der Waals surface area contributed by atoms with Gasteiger partial charge < -0.3 is 14.2 Å². The summed E-state index contributed by atoms with van der Waals surface area (Å²) in [7, 11) is 3.27. The molecule has 0 bridgehead atoms. The van der Waals surface area contributed by atoms with Crippen LogP contribution in [-0.2, 0) is 6.61 Å². The number of thiazole rings is 1. The van der Waals surface area contributed by atoms with Gasteiger partial charge in [-0.2, -0.15) is 5.10 Å². The van der Waals surface area contributed by atoms with E-state index in [1.54, 1.807) is 20.4 Å². The van der Waals surface area contributed by atoms with Gasteiger partial charge in [-0.05, 0) is 41.5 Å². The number of hydrogen-bond donors (Lipinski definition) is 1. The number of ether oxygens (including phenoxy) is 3. The largest absolute Gasteiger partial charge is 0.497 e. The van der Waals surface area contributed by atoms with Gasteiger partial charge in [-0.25, -0.2) is 4.98 Å². The molecule has 0 radical (unpaired) electrons. The van der Waals surface area contributed by atoms with E-state index in [4.69, 9.17) is 14.2 Å². The fourth-order valence-electron chi connectivity index (χ4n) is 3.04. The Kier molecular flexibility index (Phi) is 6.99. The second-order valence-electron chi connectivity index (χ2n) is 6.82. The lowest BCUT2D eigenvalue weighted by atomic mass is 10.2. The van der Waals surface area contributed by atoms with Gasteiger partial charge in [-0.1, -0.05) is 42.5 Å². The van der Waals surface area contributed by atoms with Gasteiger partial charge in [0.2, 0.25) is 5.13 Å². The van der Waals surface area contributed by atoms with Crippen molar-refractivity contribution in [3.8, 4) is 28.5 Å². The predicted octanol–water partition coefficient (Wildman–Crippen LogP) is 5.85. The number of aromatic nitrogens is 1. The Bertz CT molecular complexity index is 1190. The number of methoxy groups -OCH3 is 2. The van der Waals surface area contributed by atoms with Crippen LogP contribution in [0.3, 0.4) is 0 Å². The second kappa shape index (κ2) is 10.5. The van der Waals surface area contributed by atoms with Gasteiger partial charge in [0.1, 0.15) is 12.4 Å². The lowest BCUT2D eigenvalue weighted by molar-refractivity contribution is 0.284. The van der Waals surface area contributed by atoms with Gasteiger partial charge in [-0.15, -0.1) is 11.3 Å². The first-order valence-corrected chi connectivity index (χ1v) is 10.9. The van der Waals surface area contributed by atoms with Crippen molar-refractivity contribution in [3.05, 3.63) is 89.3 Å². The van der Waals surface area contributed by atoms with Crippen LogP contribution in [0.2, 0.25) is 0 Å². The van der Waals surface area contributed by atoms with Crippen molar-refractivity contribution < 1.29 is 14.2 Å². The van der Waals surface area contributed by atoms with E-state index in [9.17, 15) is 0 Å². The van der Waals surface area contributed by atoms with Crippen molar-refractivity contribution in [2.24, 2.45) is 5.10 Å². The third-order valence-corrected chi connectivity index (χ3v) is 5.41. The first kappa shape index (κ1) is 21.4. The SMILES string of the molecule is COc1cccc(COc2ccc(C=NNc3nc(-c4ccccc4)cs3)cc2OC)c1. The predicted molar refractivity (Wildman–Crippen MR) is 129 cm³/mol. The number of hydrazone groups is 1. The van der Waals surface area contributed by atoms with Crippen LogP contribution in [-0.4, -0.2) is 25.4 Å². The van der Waals surface area contributed by atoms with Gasteiger partial charge in [0.05, 0.1) is 26.1 Å². The third kappa shape index (κ3) is 5.44. The monoisotopic (exact) mass is 445 g/mol. The van der Waals surface area contributed by atoms with Crippen molar-refractivity contribution in [1.82, 2.24) is 4.98 Å². The highest BCUT2D eigenvalue weighted by molar-refractivity contribution is 7.14. The van der Waals surface area contributed by atoms with Crippen LogP contribution >= 0.6 is 11.3 Å². The van der Waals surface area contributed by atoms with E-state index in [0.29, 0.717) is 18.1 Å². The van der Waals surface area contributed by atoms with Crippen LogP contribution < -0.4 is 19.6 Å². The fraction of sp³-hybridized carbons (Fsp3) is 0.120. The van der Waals surface area contributed by atoms with E-state index in [2.05, 4.69) is 15.5 Å². The van der Waals surface area contributed by atoms with Crippen molar-refractivity contribution in [2.45, 2.75) is 6.61 Å². The van der Waals surface area contributed by atoms with Gasteiger partial charge in [0.15, 0.2) is 11.5 Å². The zero-order chi connectivity index (χ0) is 22.2. The summed E-state index contributed by atoms with van der Waals surface area (Å²) in [5, 5.41) is 7.03. The van der Waals surface area contributed by atoms with Crippen molar-refractivity contribution in [1.29, 1.82) is 0 Å². The molecule has 0 aliphatic carbocycles. The number of hydrogen-bond acceptors (Lipinski definition) is 7. The summed E-state index contributed by atoms with van der Waals surface area (Å²) in [6.45, 7) is 0.413. The van der Waals surface area contributed by atoms with E-state index >= 15 is 0 Å². The average molecular weight is 446 g/mol. The van der Waals surface area contributed by atoms with Gasteiger partial charge in [0.25, 0.3) is 0 Å². The van der Waals surface area contributed by atoms with Gasteiger partial charge >= 0.3 is 0 Å². The molecule has 0 atom stereocenters. The smallest absolute Gasteiger partial charge is 0.203 e. The van der Waals surface area contributed by atoms with Crippen LogP contribution in [0.4, 0.5) is 5.13 Å². The third-order valence-electron chi connectivity index (χ3n) is 4.66. The highest BCUT2D eigenvalue weighted by Gasteiger charge is 2.07. The molecule has 0 unspecified atom stereocenters. The molecule has 0 saturated heterocycles. The highest BCUT2D eigenvalue weighted by Crippen LogP contribution is 2.29. The summed E-state index contributed by atoms with van der Waals surface area (Å²) in [5.74, 6) is 2.10. The topological polar surface area (TPSA) is 65.0 Å². The van der Waals surface area contributed by atoms with E-state index in [1.165, 1.54) is 11.3 Å². The molecule has 4 rings (SSSR count). The molecular weight excluding hydrogens is 422 g/mol. The standard InChI is InChI=1S/C25H23N3O3S/c1-29-21-10-6-7-19(13-21)16-31-23-12-11-18(14-24(23)30-2)15-26-28-25-27-22(17-32-25)20-8-4-3-5-9-20/h3-15,17H,16H2,1-2H3,(H,27,28). The Morgan fingerprint density at radius 3 is 2.62 bits per heavy atom. The zero-order valence-corrected chi connectivity index (χ0v) is 18.6. The molecular formula is C25H23N3O3S. The molecule has 162 valence electrons. The first-order valence-electron chi connectivity index (χ1n) is 9.99. The molecule has 32 heavy (non-hydrogen) atoms. The Morgan fingerprint density at radius 2 is 1.81 bits per heavy atom. The molecule has 0 fully saturated rings. The summed E-state index contributed by atoms with van der Waals surface area (Å²) in [4.78, 5) is 4.57. The van der Waals surface area contributed by atoms with Crippen molar-refractivity contribution >= 4 is 22.7 Å². The minimum absolute atomic E-state index is 0.413. The van der Waals surface area contributed by atoms with Crippen molar-refractivity contribution in [3.63, 3.8) is 0 Å². The van der Waals surface area contributed by atoms with Crippen LogP contribution in [0, 0.1) is 0 Å². The molecule has 0 saturated carbocycles. The normalized spacial score (nSPS) is 10.8. The molecule has 1 heterocycles. The molecule has 4 aromatic rings. The second-order valence-corrected chi connectivity index (χ2v) is 7.68. The quantitative estimate of drug-likeness (QED) is 0.258. The molecule has 6 nitrogen and oxygen atoms in total. The summed E-state index contributed by atoms with van der Waals surface area (Å²) < 4.78 is 16.7. The first-order chi connectivity index (χ1) is 15.7. The molecule has 7 heteroatoms.